The third-order valence-corrected chi connectivity index (χ3v) is 3.38. The first kappa shape index (κ1) is 17.4. The normalized spacial score (nSPS) is 12.5. The predicted molar refractivity (Wildman–Crippen MR) is 82.4 cm³/mol. The summed E-state index contributed by atoms with van der Waals surface area (Å²) in [4.78, 5) is 16.2. The summed E-state index contributed by atoms with van der Waals surface area (Å²) >= 11 is 0. The monoisotopic (exact) mass is 294 g/mol. The van der Waals surface area contributed by atoms with Crippen LogP contribution >= 0.6 is 0 Å². The van der Waals surface area contributed by atoms with E-state index in [1.165, 1.54) is 0 Å². The van der Waals surface area contributed by atoms with Gasteiger partial charge in [-0.2, -0.15) is 0 Å². The maximum absolute atomic E-state index is 12.0. The van der Waals surface area contributed by atoms with Crippen LogP contribution in [0.1, 0.15) is 51.0 Å². The van der Waals surface area contributed by atoms with E-state index in [0.717, 1.165) is 12.8 Å². The molecule has 1 aromatic rings. The lowest BCUT2D eigenvalue weighted by atomic mass is 9.96. The Morgan fingerprint density at radius 3 is 2.57 bits per heavy atom. The number of carbonyl (C=O) groups is 1. The molecule has 2 N–H and O–H groups in total. The van der Waals surface area contributed by atoms with E-state index in [4.69, 9.17) is 4.74 Å². The number of pyridine rings is 1. The molecule has 21 heavy (non-hydrogen) atoms. The molecule has 0 aromatic carbocycles. The first-order valence-electron chi connectivity index (χ1n) is 7.57. The summed E-state index contributed by atoms with van der Waals surface area (Å²) in [5.41, 5.74) is 0.296. The van der Waals surface area contributed by atoms with Crippen LogP contribution in [-0.2, 0) is 0 Å². The molecule has 0 saturated heterocycles. The van der Waals surface area contributed by atoms with E-state index in [2.05, 4.69) is 10.3 Å². The van der Waals surface area contributed by atoms with Crippen molar-refractivity contribution < 1.29 is 14.6 Å². The maximum atomic E-state index is 12.0. The van der Waals surface area contributed by atoms with Crippen LogP contribution in [0.3, 0.4) is 0 Å². The molecule has 0 aliphatic carbocycles. The zero-order valence-corrected chi connectivity index (χ0v) is 13.3. The minimum atomic E-state index is -0.529. The second-order valence-electron chi connectivity index (χ2n) is 5.38. The average molecular weight is 294 g/mol. The number of amides is 1. The van der Waals surface area contributed by atoms with Crippen molar-refractivity contribution in [3.63, 3.8) is 0 Å². The minimum Gasteiger partial charge on any atom is -0.475 e. The molecule has 1 rings (SSSR count). The molecule has 0 aliphatic rings. The molecular formula is C16H26N2O3. The van der Waals surface area contributed by atoms with Gasteiger partial charge in [-0.15, -0.1) is 0 Å². The largest absolute Gasteiger partial charge is 0.475 e. The minimum absolute atomic E-state index is 0.00694. The summed E-state index contributed by atoms with van der Waals surface area (Å²) in [6.07, 6.45) is 1.26. The lowest BCUT2D eigenvalue weighted by Gasteiger charge is -2.20. The van der Waals surface area contributed by atoms with Crippen LogP contribution in [0.2, 0.25) is 0 Å². The van der Waals surface area contributed by atoms with Gasteiger partial charge in [-0.05, 0) is 25.8 Å². The lowest BCUT2D eigenvalue weighted by Crippen LogP contribution is -2.36. The molecule has 5 nitrogen and oxygen atoms in total. The Hall–Kier alpha value is -1.62. The molecule has 0 fully saturated rings. The molecule has 0 bridgehead atoms. The standard InChI is InChI=1S/C16H26N2O3/c1-5-12(6-2)14(19)10-17-16(20)13-8-7-9-15(18-13)21-11(3)4/h7-9,11-12,14,19H,5-6,10H2,1-4H3,(H,17,20). The summed E-state index contributed by atoms with van der Waals surface area (Å²) < 4.78 is 5.46. The Morgan fingerprint density at radius 2 is 2.00 bits per heavy atom. The molecule has 1 unspecified atom stereocenters. The smallest absolute Gasteiger partial charge is 0.270 e. The van der Waals surface area contributed by atoms with Gasteiger partial charge in [0, 0.05) is 12.6 Å². The van der Waals surface area contributed by atoms with Crippen LogP contribution in [0.25, 0.3) is 0 Å². The van der Waals surface area contributed by atoms with Gasteiger partial charge in [0.05, 0.1) is 12.2 Å². The summed E-state index contributed by atoms with van der Waals surface area (Å²) in [7, 11) is 0. The van der Waals surface area contributed by atoms with E-state index in [1.807, 2.05) is 27.7 Å². The highest BCUT2D eigenvalue weighted by Gasteiger charge is 2.17. The topological polar surface area (TPSA) is 71.5 Å². The fourth-order valence-electron chi connectivity index (χ4n) is 2.14. The highest BCUT2D eigenvalue weighted by atomic mass is 16.5. The molecule has 1 heterocycles. The van der Waals surface area contributed by atoms with E-state index in [0.29, 0.717) is 11.6 Å². The van der Waals surface area contributed by atoms with E-state index >= 15 is 0 Å². The van der Waals surface area contributed by atoms with Crippen LogP contribution in [0, 0.1) is 5.92 Å². The van der Waals surface area contributed by atoms with Gasteiger partial charge in [0.25, 0.3) is 5.91 Å². The van der Waals surface area contributed by atoms with Crippen molar-refractivity contribution >= 4 is 5.91 Å². The number of aromatic nitrogens is 1. The number of nitrogens with zero attached hydrogens (tertiary/aromatic N) is 1. The van der Waals surface area contributed by atoms with Crippen molar-refractivity contribution in [1.29, 1.82) is 0 Å². The number of hydrogen-bond donors (Lipinski definition) is 2. The van der Waals surface area contributed by atoms with Crippen molar-refractivity contribution in [2.24, 2.45) is 5.92 Å². The number of carbonyl (C=O) groups excluding carboxylic acids is 1. The SMILES string of the molecule is CCC(CC)C(O)CNC(=O)c1cccc(OC(C)C)n1. The third-order valence-electron chi connectivity index (χ3n) is 3.38. The van der Waals surface area contributed by atoms with Crippen LogP contribution in [0.15, 0.2) is 18.2 Å². The van der Waals surface area contributed by atoms with Gasteiger partial charge in [-0.25, -0.2) is 4.98 Å². The van der Waals surface area contributed by atoms with Crippen LogP contribution in [-0.4, -0.2) is 34.8 Å². The van der Waals surface area contributed by atoms with Gasteiger partial charge in [-0.3, -0.25) is 4.79 Å². The number of ether oxygens (including phenoxy) is 1. The van der Waals surface area contributed by atoms with Crippen molar-refractivity contribution in [3.8, 4) is 5.88 Å². The lowest BCUT2D eigenvalue weighted by molar-refractivity contribution is 0.0812. The number of rotatable bonds is 8. The third kappa shape index (κ3) is 5.71. The number of aliphatic hydroxyl groups is 1. The second kappa shape index (κ2) is 8.62. The zero-order valence-electron chi connectivity index (χ0n) is 13.3. The highest BCUT2D eigenvalue weighted by molar-refractivity contribution is 5.92. The number of aliphatic hydroxyl groups excluding tert-OH is 1. The fourth-order valence-corrected chi connectivity index (χ4v) is 2.14. The quantitative estimate of drug-likeness (QED) is 0.772. The summed E-state index contributed by atoms with van der Waals surface area (Å²) in [5.74, 6) is 0.335. The zero-order chi connectivity index (χ0) is 15.8. The molecule has 5 heteroatoms. The summed E-state index contributed by atoms with van der Waals surface area (Å²) in [6.45, 7) is 8.12. The van der Waals surface area contributed by atoms with Crippen molar-refractivity contribution in [1.82, 2.24) is 10.3 Å². The van der Waals surface area contributed by atoms with E-state index in [1.54, 1.807) is 18.2 Å². The van der Waals surface area contributed by atoms with Crippen molar-refractivity contribution in [3.05, 3.63) is 23.9 Å². The Morgan fingerprint density at radius 1 is 1.33 bits per heavy atom. The van der Waals surface area contributed by atoms with Gasteiger partial charge < -0.3 is 15.2 Å². The predicted octanol–water partition coefficient (Wildman–Crippen LogP) is 2.40. The Bertz CT molecular complexity index is 445. The number of nitrogens with one attached hydrogen (secondary N) is 1. The second-order valence-corrected chi connectivity index (χ2v) is 5.38. The fraction of sp³-hybridized carbons (Fsp3) is 0.625. The Kier molecular flexibility index (Phi) is 7.15. The molecule has 0 radical (unpaired) electrons. The van der Waals surface area contributed by atoms with Crippen molar-refractivity contribution in [2.75, 3.05) is 6.54 Å². The van der Waals surface area contributed by atoms with Crippen LogP contribution in [0.5, 0.6) is 5.88 Å². The summed E-state index contributed by atoms with van der Waals surface area (Å²) in [6, 6.07) is 5.08. The molecule has 0 aliphatic heterocycles. The molecule has 118 valence electrons. The Labute approximate surface area is 126 Å². The first-order chi connectivity index (χ1) is 9.97. The number of hydrogen-bond acceptors (Lipinski definition) is 4. The average Bonchev–Trinajstić information content (AvgIpc) is 2.45. The van der Waals surface area contributed by atoms with Gasteiger partial charge in [0.1, 0.15) is 5.69 Å². The molecule has 1 amide bonds. The first-order valence-corrected chi connectivity index (χ1v) is 7.57. The van der Waals surface area contributed by atoms with Crippen molar-refractivity contribution in [2.45, 2.75) is 52.7 Å². The maximum Gasteiger partial charge on any atom is 0.270 e. The Balaban J connectivity index is 2.59. The van der Waals surface area contributed by atoms with Crippen LogP contribution in [0.4, 0.5) is 0 Å². The van der Waals surface area contributed by atoms with Gasteiger partial charge >= 0.3 is 0 Å². The van der Waals surface area contributed by atoms with Gasteiger partial charge in [-0.1, -0.05) is 32.8 Å². The highest BCUT2D eigenvalue weighted by Crippen LogP contribution is 2.13. The van der Waals surface area contributed by atoms with E-state index in [-0.39, 0.29) is 24.5 Å². The molecule has 1 aromatic heterocycles. The molecule has 0 spiro atoms. The van der Waals surface area contributed by atoms with Gasteiger partial charge in [0.2, 0.25) is 5.88 Å². The van der Waals surface area contributed by atoms with Crippen LogP contribution < -0.4 is 10.1 Å². The van der Waals surface area contributed by atoms with E-state index in [9.17, 15) is 9.90 Å². The molecule has 0 saturated carbocycles. The molecule has 1 atom stereocenters. The van der Waals surface area contributed by atoms with E-state index < -0.39 is 6.10 Å². The molecular weight excluding hydrogens is 268 g/mol. The summed E-state index contributed by atoms with van der Waals surface area (Å²) in [5, 5.41) is 12.7. The van der Waals surface area contributed by atoms with Gasteiger partial charge in [0.15, 0.2) is 0 Å².